The average molecular weight is 459 g/mol. The van der Waals surface area contributed by atoms with Crippen molar-refractivity contribution in [2.75, 3.05) is 17.7 Å². The number of ether oxygens (including phenoxy) is 2. The average Bonchev–Trinajstić information content (AvgIpc) is 3.36. The molecular weight excluding hydrogens is 432 g/mol. The Labute approximate surface area is 198 Å². The molecule has 2 N–H and O–H groups in total. The van der Waals surface area contributed by atoms with Crippen molar-refractivity contribution in [2.45, 2.75) is 20.1 Å². The van der Waals surface area contributed by atoms with E-state index >= 15 is 0 Å². The van der Waals surface area contributed by atoms with Gasteiger partial charge < -0.3 is 20.1 Å². The van der Waals surface area contributed by atoms with Crippen LogP contribution in [-0.2, 0) is 13.2 Å². The summed E-state index contributed by atoms with van der Waals surface area (Å²) in [6.07, 6.45) is 0. The van der Waals surface area contributed by atoms with Crippen LogP contribution in [-0.4, -0.2) is 13.0 Å². The number of rotatable bonds is 9. The molecule has 0 aliphatic heterocycles. The Morgan fingerprint density at radius 1 is 0.909 bits per heavy atom. The Balaban J connectivity index is 1.37. The molecule has 0 unspecified atom stereocenters. The van der Waals surface area contributed by atoms with Crippen LogP contribution in [0.2, 0.25) is 0 Å². The fourth-order valence-corrected chi connectivity index (χ4v) is 4.04. The Kier molecular flexibility index (Phi) is 7.27. The van der Waals surface area contributed by atoms with E-state index < -0.39 is 0 Å². The molecular formula is C27H26N2O3S. The van der Waals surface area contributed by atoms with Crippen molar-refractivity contribution in [1.82, 2.24) is 0 Å². The highest BCUT2D eigenvalue weighted by atomic mass is 32.1. The Hall–Kier alpha value is -3.77. The molecule has 0 spiro atoms. The van der Waals surface area contributed by atoms with Gasteiger partial charge in [-0.05, 0) is 65.9 Å². The van der Waals surface area contributed by atoms with Crippen LogP contribution >= 0.6 is 11.3 Å². The van der Waals surface area contributed by atoms with Crippen molar-refractivity contribution in [3.8, 4) is 11.5 Å². The summed E-state index contributed by atoms with van der Waals surface area (Å²) in [4.78, 5) is 13.8. The van der Waals surface area contributed by atoms with E-state index in [1.807, 2.05) is 91.2 Å². The van der Waals surface area contributed by atoms with Crippen LogP contribution in [0.4, 0.5) is 11.4 Å². The van der Waals surface area contributed by atoms with Crippen molar-refractivity contribution < 1.29 is 14.3 Å². The highest BCUT2D eigenvalue weighted by Crippen LogP contribution is 2.30. The van der Waals surface area contributed by atoms with Gasteiger partial charge in [0, 0.05) is 28.4 Å². The van der Waals surface area contributed by atoms with E-state index in [0.717, 1.165) is 33.1 Å². The maximum absolute atomic E-state index is 12.6. The molecule has 3 aromatic carbocycles. The van der Waals surface area contributed by atoms with Gasteiger partial charge in [0.2, 0.25) is 0 Å². The van der Waals surface area contributed by atoms with Gasteiger partial charge in [0.1, 0.15) is 6.61 Å². The van der Waals surface area contributed by atoms with Crippen molar-refractivity contribution in [3.05, 3.63) is 106 Å². The molecule has 0 aliphatic rings. The molecule has 0 bridgehead atoms. The number of amides is 1. The predicted molar refractivity (Wildman–Crippen MR) is 135 cm³/mol. The lowest BCUT2D eigenvalue weighted by Gasteiger charge is -2.13. The van der Waals surface area contributed by atoms with E-state index in [1.165, 1.54) is 0 Å². The summed E-state index contributed by atoms with van der Waals surface area (Å²) in [5.74, 6) is 1.30. The zero-order valence-corrected chi connectivity index (χ0v) is 19.4. The number of aryl methyl sites for hydroxylation is 1. The summed E-state index contributed by atoms with van der Waals surface area (Å²) in [7, 11) is 1.64. The first-order chi connectivity index (χ1) is 16.1. The lowest BCUT2D eigenvalue weighted by molar-refractivity contribution is 0.102. The smallest absolute Gasteiger partial charge is 0.255 e. The highest BCUT2D eigenvalue weighted by Gasteiger charge is 2.10. The maximum Gasteiger partial charge on any atom is 0.255 e. The molecule has 33 heavy (non-hydrogen) atoms. The Morgan fingerprint density at radius 2 is 1.76 bits per heavy atom. The van der Waals surface area contributed by atoms with E-state index in [4.69, 9.17) is 9.47 Å². The highest BCUT2D eigenvalue weighted by molar-refractivity contribution is 7.09. The van der Waals surface area contributed by atoms with Crippen molar-refractivity contribution in [1.29, 1.82) is 0 Å². The number of thiophene rings is 1. The van der Waals surface area contributed by atoms with Crippen molar-refractivity contribution in [3.63, 3.8) is 0 Å². The molecule has 1 heterocycles. The van der Waals surface area contributed by atoms with E-state index in [2.05, 4.69) is 10.6 Å². The number of benzene rings is 3. The third kappa shape index (κ3) is 5.93. The molecule has 0 fully saturated rings. The largest absolute Gasteiger partial charge is 0.493 e. The monoisotopic (exact) mass is 458 g/mol. The van der Waals surface area contributed by atoms with E-state index in [1.54, 1.807) is 18.4 Å². The number of methoxy groups -OCH3 is 1. The fourth-order valence-electron chi connectivity index (χ4n) is 3.42. The molecule has 4 rings (SSSR count). The van der Waals surface area contributed by atoms with Gasteiger partial charge in [-0.1, -0.05) is 36.4 Å². The minimum atomic E-state index is -0.117. The first-order valence-electron chi connectivity index (χ1n) is 10.7. The minimum absolute atomic E-state index is 0.117. The summed E-state index contributed by atoms with van der Waals surface area (Å²) in [6, 6.07) is 25.2. The zero-order chi connectivity index (χ0) is 23.0. The third-order valence-electron chi connectivity index (χ3n) is 5.18. The summed E-state index contributed by atoms with van der Waals surface area (Å²) >= 11 is 1.67. The van der Waals surface area contributed by atoms with Gasteiger partial charge in [-0.2, -0.15) is 0 Å². The van der Waals surface area contributed by atoms with Gasteiger partial charge in [0.15, 0.2) is 11.5 Å². The molecule has 4 aromatic rings. The van der Waals surface area contributed by atoms with Gasteiger partial charge in [-0.25, -0.2) is 0 Å². The van der Waals surface area contributed by atoms with Crippen LogP contribution in [0.5, 0.6) is 11.5 Å². The number of carbonyl (C=O) groups excluding carboxylic acids is 1. The van der Waals surface area contributed by atoms with E-state index in [-0.39, 0.29) is 5.91 Å². The lowest BCUT2D eigenvalue weighted by atomic mass is 10.1. The number of hydrogen-bond acceptors (Lipinski definition) is 5. The molecule has 0 saturated carbocycles. The normalized spacial score (nSPS) is 10.5. The van der Waals surface area contributed by atoms with Crippen LogP contribution < -0.4 is 20.1 Å². The van der Waals surface area contributed by atoms with Gasteiger partial charge in [0.05, 0.1) is 7.11 Å². The second-order valence-electron chi connectivity index (χ2n) is 7.56. The zero-order valence-electron chi connectivity index (χ0n) is 18.6. The molecule has 5 nitrogen and oxygen atoms in total. The van der Waals surface area contributed by atoms with Crippen LogP contribution in [0.1, 0.15) is 26.4 Å². The maximum atomic E-state index is 12.6. The first kappa shape index (κ1) is 22.4. The quantitative estimate of drug-likeness (QED) is 0.300. The number of nitrogens with one attached hydrogen (secondary N) is 2. The molecule has 0 atom stereocenters. The van der Waals surface area contributed by atoms with Crippen LogP contribution in [0.3, 0.4) is 0 Å². The first-order valence-corrected chi connectivity index (χ1v) is 11.5. The Bertz CT molecular complexity index is 1220. The number of carbonyl (C=O) groups is 1. The predicted octanol–water partition coefficient (Wildman–Crippen LogP) is 6.51. The molecule has 0 radical (unpaired) electrons. The van der Waals surface area contributed by atoms with Crippen molar-refractivity contribution >= 4 is 28.6 Å². The van der Waals surface area contributed by atoms with Gasteiger partial charge in [-0.3, -0.25) is 4.79 Å². The van der Waals surface area contributed by atoms with Crippen molar-refractivity contribution in [2.24, 2.45) is 0 Å². The third-order valence-corrected chi connectivity index (χ3v) is 6.03. The molecule has 6 heteroatoms. The van der Waals surface area contributed by atoms with Crippen LogP contribution in [0, 0.1) is 6.92 Å². The molecule has 168 valence electrons. The standard InChI is InChI=1S/C27H26N2O3S/c1-19-7-3-4-11-24(19)27(30)29-22-9-5-8-21(16-22)28-17-20-12-13-25(26(15-20)31-2)32-18-23-10-6-14-33-23/h3-16,28H,17-18H2,1-2H3,(H,29,30). The second-order valence-corrected chi connectivity index (χ2v) is 8.59. The second kappa shape index (κ2) is 10.7. The Morgan fingerprint density at radius 3 is 2.55 bits per heavy atom. The number of anilines is 2. The fraction of sp³-hybridized carbons (Fsp3) is 0.148. The lowest BCUT2D eigenvalue weighted by Crippen LogP contribution is -2.13. The van der Waals surface area contributed by atoms with Gasteiger partial charge in [-0.15, -0.1) is 11.3 Å². The molecule has 1 aromatic heterocycles. The summed E-state index contributed by atoms with van der Waals surface area (Å²) in [5.41, 5.74) is 4.33. The van der Waals surface area contributed by atoms with E-state index in [0.29, 0.717) is 24.5 Å². The summed E-state index contributed by atoms with van der Waals surface area (Å²) < 4.78 is 11.4. The molecule has 0 aliphatic carbocycles. The molecule has 1 amide bonds. The summed E-state index contributed by atoms with van der Waals surface area (Å²) in [6.45, 7) is 3.06. The minimum Gasteiger partial charge on any atom is -0.493 e. The summed E-state index contributed by atoms with van der Waals surface area (Å²) in [5, 5.41) is 8.41. The van der Waals surface area contributed by atoms with Gasteiger partial charge in [0.25, 0.3) is 5.91 Å². The SMILES string of the molecule is COc1cc(CNc2cccc(NC(=O)c3ccccc3C)c2)ccc1OCc1cccs1. The van der Waals surface area contributed by atoms with Crippen LogP contribution in [0.15, 0.2) is 84.2 Å². The topological polar surface area (TPSA) is 59.6 Å². The van der Waals surface area contributed by atoms with E-state index in [9.17, 15) is 4.79 Å². The number of hydrogen-bond donors (Lipinski definition) is 2. The van der Waals surface area contributed by atoms with Gasteiger partial charge >= 0.3 is 0 Å². The van der Waals surface area contributed by atoms with Crippen LogP contribution in [0.25, 0.3) is 0 Å². The molecule has 0 saturated heterocycles.